The fourth-order valence-corrected chi connectivity index (χ4v) is 2.81. The predicted octanol–water partition coefficient (Wildman–Crippen LogP) is 3.59. The lowest BCUT2D eigenvalue weighted by molar-refractivity contribution is 0.241. The van der Waals surface area contributed by atoms with Crippen LogP contribution in [0.25, 0.3) is 0 Å². The van der Waals surface area contributed by atoms with Crippen LogP contribution in [-0.2, 0) is 6.54 Å². The molecule has 2 aromatic rings. The van der Waals surface area contributed by atoms with Crippen molar-refractivity contribution in [3.05, 3.63) is 64.1 Å². The molecule has 0 aliphatic heterocycles. The van der Waals surface area contributed by atoms with Gasteiger partial charge in [-0.3, -0.25) is 4.90 Å². The van der Waals surface area contributed by atoms with E-state index in [0.29, 0.717) is 6.54 Å². The molecule has 0 heterocycles. The molecule has 1 unspecified atom stereocenters. The molecule has 0 aliphatic carbocycles. The highest BCUT2D eigenvalue weighted by molar-refractivity contribution is 9.10. The van der Waals surface area contributed by atoms with Gasteiger partial charge in [-0.15, -0.1) is 0 Å². The number of likely N-dealkylation sites (N-methyl/N-ethyl adjacent to an activating group) is 1. The summed E-state index contributed by atoms with van der Waals surface area (Å²) in [6.45, 7) is 1.42. The topological polar surface area (TPSA) is 38.5 Å². The van der Waals surface area contributed by atoms with E-state index >= 15 is 0 Å². The van der Waals surface area contributed by atoms with Crippen LogP contribution in [0.4, 0.5) is 0 Å². The van der Waals surface area contributed by atoms with E-state index < -0.39 is 0 Å². The minimum atomic E-state index is 0.183. The molecule has 112 valence electrons. The summed E-state index contributed by atoms with van der Waals surface area (Å²) in [5.74, 6) is 0.864. The maximum atomic E-state index is 5.98. The van der Waals surface area contributed by atoms with Crippen molar-refractivity contribution in [2.75, 3.05) is 20.7 Å². The highest BCUT2D eigenvalue weighted by Gasteiger charge is 2.16. The average Bonchev–Trinajstić information content (AvgIpc) is 2.51. The van der Waals surface area contributed by atoms with E-state index in [1.807, 2.05) is 18.2 Å². The van der Waals surface area contributed by atoms with Gasteiger partial charge in [-0.1, -0.05) is 46.3 Å². The fourth-order valence-electron chi connectivity index (χ4n) is 2.40. The minimum absolute atomic E-state index is 0.183. The van der Waals surface area contributed by atoms with Crippen molar-refractivity contribution < 1.29 is 4.74 Å². The van der Waals surface area contributed by atoms with Crippen molar-refractivity contribution in [1.29, 1.82) is 0 Å². The summed E-state index contributed by atoms with van der Waals surface area (Å²) in [7, 11) is 3.77. The number of rotatable bonds is 6. The molecule has 0 saturated carbocycles. The number of halogens is 1. The van der Waals surface area contributed by atoms with Gasteiger partial charge in [0.25, 0.3) is 0 Å². The van der Waals surface area contributed by atoms with Gasteiger partial charge in [0, 0.05) is 23.6 Å². The van der Waals surface area contributed by atoms with Crippen LogP contribution in [0, 0.1) is 0 Å². The number of hydrogen-bond donors (Lipinski definition) is 1. The van der Waals surface area contributed by atoms with Gasteiger partial charge in [0.2, 0.25) is 0 Å². The summed E-state index contributed by atoms with van der Waals surface area (Å²) in [4.78, 5) is 2.27. The van der Waals surface area contributed by atoms with Gasteiger partial charge in [0.05, 0.1) is 7.11 Å². The molecule has 2 aromatic carbocycles. The molecule has 2 N–H and O–H groups in total. The SMILES string of the molecule is COc1ccc(C(CN)N(C)Cc2ccccc2Br)cc1. The highest BCUT2D eigenvalue weighted by atomic mass is 79.9. The molecular weight excluding hydrogens is 328 g/mol. The average molecular weight is 349 g/mol. The van der Waals surface area contributed by atoms with Crippen molar-refractivity contribution >= 4 is 15.9 Å². The first kappa shape index (κ1) is 16.0. The second kappa shape index (κ2) is 7.59. The van der Waals surface area contributed by atoms with Gasteiger partial charge in [-0.2, -0.15) is 0 Å². The first-order valence-corrected chi connectivity index (χ1v) is 7.72. The van der Waals surface area contributed by atoms with Crippen molar-refractivity contribution in [2.45, 2.75) is 12.6 Å². The molecule has 2 rings (SSSR count). The van der Waals surface area contributed by atoms with Crippen LogP contribution in [0.3, 0.4) is 0 Å². The molecule has 0 bridgehead atoms. The Bertz CT molecular complexity index is 571. The van der Waals surface area contributed by atoms with Gasteiger partial charge >= 0.3 is 0 Å². The Hall–Kier alpha value is -1.36. The monoisotopic (exact) mass is 348 g/mol. The number of ether oxygens (including phenoxy) is 1. The standard InChI is InChI=1S/C17H21BrN2O/c1-20(12-14-5-3-4-6-16(14)18)17(11-19)13-7-9-15(21-2)10-8-13/h3-10,17H,11-12,19H2,1-2H3. The molecule has 0 aliphatic rings. The Labute approximate surface area is 134 Å². The van der Waals surface area contributed by atoms with E-state index in [0.717, 1.165) is 16.8 Å². The van der Waals surface area contributed by atoms with Gasteiger partial charge in [-0.25, -0.2) is 0 Å². The van der Waals surface area contributed by atoms with Gasteiger partial charge in [0.15, 0.2) is 0 Å². The first-order chi connectivity index (χ1) is 10.2. The summed E-state index contributed by atoms with van der Waals surface area (Å²) in [5, 5.41) is 0. The number of methoxy groups -OCH3 is 1. The molecule has 4 heteroatoms. The maximum Gasteiger partial charge on any atom is 0.118 e. The second-order valence-electron chi connectivity index (χ2n) is 5.03. The number of nitrogens with zero attached hydrogens (tertiary/aromatic N) is 1. The van der Waals surface area contributed by atoms with E-state index in [-0.39, 0.29) is 6.04 Å². The van der Waals surface area contributed by atoms with E-state index in [1.54, 1.807) is 7.11 Å². The van der Waals surface area contributed by atoms with E-state index in [1.165, 1.54) is 11.1 Å². The van der Waals surface area contributed by atoms with Crippen molar-refractivity contribution in [3.8, 4) is 5.75 Å². The van der Waals surface area contributed by atoms with E-state index in [9.17, 15) is 0 Å². The quantitative estimate of drug-likeness (QED) is 0.866. The van der Waals surface area contributed by atoms with Crippen molar-refractivity contribution in [2.24, 2.45) is 5.73 Å². The van der Waals surface area contributed by atoms with E-state index in [2.05, 4.69) is 58.2 Å². The van der Waals surface area contributed by atoms with Crippen LogP contribution in [0.1, 0.15) is 17.2 Å². The van der Waals surface area contributed by atoms with Gasteiger partial charge < -0.3 is 10.5 Å². The summed E-state index contributed by atoms with van der Waals surface area (Å²) in [6, 6.07) is 16.6. The van der Waals surface area contributed by atoms with E-state index in [4.69, 9.17) is 10.5 Å². The van der Waals surface area contributed by atoms with Crippen LogP contribution in [0.5, 0.6) is 5.75 Å². The summed E-state index contributed by atoms with van der Waals surface area (Å²) >= 11 is 3.60. The third kappa shape index (κ3) is 4.06. The predicted molar refractivity (Wildman–Crippen MR) is 90.4 cm³/mol. The lowest BCUT2D eigenvalue weighted by Gasteiger charge is -2.28. The van der Waals surface area contributed by atoms with Crippen molar-refractivity contribution in [3.63, 3.8) is 0 Å². The third-order valence-electron chi connectivity index (χ3n) is 3.63. The summed E-state index contributed by atoms with van der Waals surface area (Å²) < 4.78 is 6.33. The first-order valence-electron chi connectivity index (χ1n) is 6.93. The van der Waals surface area contributed by atoms with Crippen LogP contribution in [-0.4, -0.2) is 25.6 Å². The van der Waals surface area contributed by atoms with Crippen LogP contribution in [0.2, 0.25) is 0 Å². The largest absolute Gasteiger partial charge is 0.497 e. The van der Waals surface area contributed by atoms with Gasteiger partial charge in [-0.05, 0) is 36.4 Å². The molecule has 0 spiro atoms. The zero-order valence-corrected chi connectivity index (χ0v) is 14.0. The smallest absolute Gasteiger partial charge is 0.118 e. The number of benzene rings is 2. The number of nitrogens with two attached hydrogens (primary N) is 1. The third-order valence-corrected chi connectivity index (χ3v) is 4.41. The number of hydrogen-bond acceptors (Lipinski definition) is 3. The molecule has 0 radical (unpaired) electrons. The molecule has 3 nitrogen and oxygen atoms in total. The Morgan fingerprint density at radius 3 is 2.38 bits per heavy atom. The molecule has 0 saturated heterocycles. The molecular formula is C17H21BrN2O. The lowest BCUT2D eigenvalue weighted by atomic mass is 10.0. The zero-order chi connectivity index (χ0) is 15.2. The zero-order valence-electron chi connectivity index (χ0n) is 12.4. The second-order valence-corrected chi connectivity index (χ2v) is 5.89. The highest BCUT2D eigenvalue weighted by Crippen LogP contribution is 2.25. The summed E-state index contributed by atoms with van der Waals surface area (Å²) in [6.07, 6.45) is 0. The molecule has 1 atom stereocenters. The molecule has 21 heavy (non-hydrogen) atoms. The fraction of sp³-hybridized carbons (Fsp3) is 0.294. The Morgan fingerprint density at radius 1 is 1.14 bits per heavy atom. The maximum absolute atomic E-state index is 5.98. The Morgan fingerprint density at radius 2 is 1.81 bits per heavy atom. The van der Waals surface area contributed by atoms with Crippen LogP contribution >= 0.6 is 15.9 Å². The normalized spacial score (nSPS) is 12.4. The molecule has 0 fully saturated rings. The van der Waals surface area contributed by atoms with Gasteiger partial charge in [0.1, 0.15) is 5.75 Å². The molecule has 0 aromatic heterocycles. The van der Waals surface area contributed by atoms with Crippen LogP contribution < -0.4 is 10.5 Å². The summed E-state index contributed by atoms with van der Waals surface area (Å²) in [5.41, 5.74) is 8.44. The lowest BCUT2D eigenvalue weighted by Crippen LogP contribution is -2.30. The van der Waals surface area contributed by atoms with Crippen molar-refractivity contribution in [1.82, 2.24) is 4.90 Å². The molecule has 0 amide bonds. The van der Waals surface area contributed by atoms with Crippen LogP contribution in [0.15, 0.2) is 53.0 Å². The Balaban J connectivity index is 2.14. The Kier molecular flexibility index (Phi) is 5.79. The minimum Gasteiger partial charge on any atom is -0.497 e.